The van der Waals surface area contributed by atoms with Crippen molar-refractivity contribution >= 4 is 34.7 Å². The number of anilines is 2. The molecule has 4 rings (SSSR count). The second-order valence-corrected chi connectivity index (χ2v) is 5.31. The Balaban J connectivity index is 0.00000156. The summed E-state index contributed by atoms with van der Waals surface area (Å²) in [5, 5.41) is 4.56. The molecule has 5 heteroatoms. The van der Waals surface area contributed by atoms with E-state index < -0.39 is 0 Å². The zero-order chi connectivity index (χ0) is 14.9. The van der Waals surface area contributed by atoms with Crippen LogP contribution in [0.1, 0.15) is 5.69 Å². The fourth-order valence-electron chi connectivity index (χ4n) is 2.69. The van der Waals surface area contributed by atoms with Crippen LogP contribution in [0.5, 0.6) is 11.5 Å². The molecular formula is C18H17ClN2O2. The second-order valence-electron chi connectivity index (χ2n) is 5.31. The van der Waals surface area contributed by atoms with Gasteiger partial charge >= 0.3 is 0 Å². The van der Waals surface area contributed by atoms with Gasteiger partial charge in [0, 0.05) is 28.5 Å². The SMILES string of the molecule is Cc1cc(Nc2ccc3c(c2)OCCO3)c2ccccc2n1.Cl. The van der Waals surface area contributed by atoms with Crippen LogP contribution in [-0.4, -0.2) is 18.2 Å². The Hall–Kier alpha value is -2.46. The van der Waals surface area contributed by atoms with Gasteiger partial charge in [0.15, 0.2) is 11.5 Å². The molecule has 0 saturated carbocycles. The van der Waals surface area contributed by atoms with Crippen LogP contribution in [0, 0.1) is 6.92 Å². The van der Waals surface area contributed by atoms with Crippen LogP contribution in [0.15, 0.2) is 48.5 Å². The van der Waals surface area contributed by atoms with E-state index in [0.717, 1.165) is 39.5 Å². The fourth-order valence-corrected chi connectivity index (χ4v) is 2.69. The predicted octanol–water partition coefficient (Wildman–Crippen LogP) is 4.48. The number of benzene rings is 2. The van der Waals surface area contributed by atoms with Crippen LogP contribution >= 0.6 is 12.4 Å². The first-order valence-corrected chi connectivity index (χ1v) is 7.33. The van der Waals surface area contributed by atoms with E-state index in [0.29, 0.717) is 13.2 Å². The summed E-state index contributed by atoms with van der Waals surface area (Å²) in [6.07, 6.45) is 0. The number of fused-ring (bicyclic) bond motifs is 2. The van der Waals surface area contributed by atoms with Gasteiger partial charge in [-0.15, -0.1) is 12.4 Å². The molecular weight excluding hydrogens is 312 g/mol. The van der Waals surface area contributed by atoms with E-state index in [1.54, 1.807) is 0 Å². The first kappa shape index (κ1) is 15.4. The Bertz CT molecular complexity index is 852. The van der Waals surface area contributed by atoms with Crippen molar-refractivity contribution in [2.45, 2.75) is 6.92 Å². The standard InChI is InChI=1S/C18H16N2O2.ClH/c1-12-10-16(14-4-2-3-5-15(14)19-12)20-13-6-7-17-18(11-13)22-9-8-21-17;/h2-7,10-11H,8-9H2,1H3,(H,19,20);1H. The summed E-state index contributed by atoms with van der Waals surface area (Å²) in [4.78, 5) is 4.56. The Kier molecular flexibility index (Phi) is 4.26. The minimum Gasteiger partial charge on any atom is -0.486 e. The lowest BCUT2D eigenvalue weighted by Gasteiger charge is -2.19. The van der Waals surface area contributed by atoms with Crippen molar-refractivity contribution in [3.63, 3.8) is 0 Å². The first-order valence-electron chi connectivity index (χ1n) is 7.33. The van der Waals surface area contributed by atoms with Gasteiger partial charge in [-0.3, -0.25) is 4.98 Å². The van der Waals surface area contributed by atoms with E-state index in [1.807, 2.05) is 43.3 Å². The minimum absolute atomic E-state index is 0. The van der Waals surface area contributed by atoms with E-state index in [9.17, 15) is 0 Å². The number of aromatic nitrogens is 1. The summed E-state index contributed by atoms with van der Waals surface area (Å²) in [6, 6.07) is 16.1. The third kappa shape index (κ3) is 3.03. The predicted molar refractivity (Wildman–Crippen MR) is 94.4 cm³/mol. The molecule has 3 aromatic rings. The molecule has 118 valence electrons. The number of nitrogens with one attached hydrogen (secondary N) is 1. The topological polar surface area (TPSA) is 43.4 Å². The molecule has 0 spiro atoms. The van der Waals surface area contributed by atoms with E-state index in [2.05, 4.69) is 22.4 Å². The Morgan fingerprint density at radius 2 is 1.74 bits per heavy atom. The molecule has 0 unspecified atom stereocenters. The number of nitrogens with zero attached hydrogens (tertiary/aromatic N) is 1. The highest BCUT2D eigenvalue weighted by atomic mass is 35.5. The number of halogens is 1. The lowest BCUT2D eigenvalue weighted by molar-refractivity contribution is 0.171. The molecule has 1 N–H and O–H groups in total. The number of para-hydroxylation sites is 1. The van der Waals surface area contributed by atoms with Gasteiger partial charge < -0.3 is 14.8 Å². The quantitative estimate of drug-likeness (QED) is 0.753. The molecule has 23 heavy (non-hydrogen) atoms. The molecule has 1 aromatic heterocycles. The van der Waals surface area contributed by atoms with E-state index >= 15 is 0 Å². The molecule has 0 atom stereocenters. The number of hydrogen-bond donors (Lipinski definition) is 1. The van der Waals surface area contributed by atoms with Crippen LogP contribution in [0.4, 0.5) is 11.4 Å². The maximum absolute atomic E-state index is 5.64. The van der Waals surface area contributed by atoms with Crippen LogP contribution < -0.4 is 14.8 Å². The number of aryl methyl sites for hydroxylation is 1. The summed E-state index contributed by atoms with van der Waals surface area (Å²) < 4.78 is 11.2. The third-order valence-corrected chi connectivity index (χ3v) is 3.67. The smallest absolute Gasteiger partial charge is 0.163 e. The largest absolute Gasteiger partial charge is 0.486 e. The zero-order valence-corrected chi connectivity index (χ0v) is 13.5. The van der Waals surface area contributed by atoms with Crippen molar-refractivity contribution in [3.05, 3.63) is 54.2 Å². The molecule has 2 heterocycles. The maximum atomic E-state index is 5.64. The number of rotatable bonds is 2. The zero-order valence-electron chi connectivity index (χ0n) is 12.7. The fraction of sp³-hybridized carbons (Fsp3) is 0.167. The van der Waals surface area contributed by atoms with Gasteiger partial charge in [0.25, 0.3) is 0 Å². The number of hydrogen-bond acceptors (Lipinski definition) is 4. The molecule has 1 aliphatic heterocycles. The highest BCUT2D eigenvalue weighted by molar-refractivity contribution is 5.93. The van der Waals surface area contributed by atoms with E-state index in [4.69, 9.17) is 9.47 Å². The summed E-state index contributed by atoms with van der Waals surface area (Å²) >= 11 is 0. The van der Waals surface area contributed by atoms with Gasteiger partial charge in [-0.05, 0) is 31.2 Å². The summed E-state index contributed by atoms with van der Waals surface area (Å²) in [5.41, 5.74) is 3.99. The molecule has 0 radical (unpaired) electrons. The van der Waals surface area contributed by atoms with Gasteiger partial charge in [0.1, 0.15) is 13.2 Å². The lowest BCUT2D eigenvalue weighted by Crippen LogP contribution is -2.15. The van der Waals surface area contributed by atoms with Crippen LogP contribution in [0.25, 0.3) is 10.9 Å². The van der Waals surface area contributed by atoms with E-state index in [-0.39, 0.29) is 12.4 Å². The number of pyridine rings is 1. The van der Waals surface area contributed by atoms with Crippen molar-refractivity contribution in [1.82, 2.24) is 4.98 Å². The highest BCUT2D eigenvalue weighted by Crippen LogP contribution is 2.34. The molecule has 0 bridgehead atoms. The Morgan fingerprint density at radius 3 is 2.61 bits per heavy atom. The summed E-state index contributed by atoms with van der Waals surface area (Å²) in [5.74, 6) is 1.58. The Labute approximate surface area is 140 Å². The van der Waals surface area contributed by atoms with Gasteiger partial charge in [0.2, 0.25) is 0 Å². The maximum Gasteiger partial charge on any atom is 0.163 e. The van der Waals surface area contributed by atoms with Crippen molar-refractivity contribution in [2.75, 3.05) is 18.5 Å². The van der Waals surface area contributed by atoms with Gasteiger partial charge in [-0.25, -0.2) is 0 Å². The average Bonchev–Trinajstić information content (AvgIpc) is 2.54. The molecule has 0 saturated heterocycles. The lowest BCUT2D eigenvalue weighted by atomic mass is 10.1. The molecule has 0 fully saturated rings. The van der Waals surface area contributed by atoms with Crippen LogP contribution in [0.2, 0.25) is 0 Å². The van der Waals surface area contributed by atoms with Crippen molar-refractivity contribution < 1.29 is 9.47 Å². The number of ether oxygens (including phenoxy) is 2. The normalized spacial score (nSPS) is 12.6. The Morgan fingerprint density at radius 1 is 0.957 bits per heavy atom. The summed E-state index contributed by atoms with van der Waals surface area (Å²) in [7, 11) is 0. The third-order valence-electron chi connectivity index (χ3n) is 3.67. The average molecular weight is 329 g/mol. The van der Waals surface area contributed by atoms with Crippen LogP contribution in [0.3, 0.4) is 0 Å². The minimum atomic E-state index is 0. The molecule has 2 aromatic carbocycles. The summed E-state index contributed by atoms with van der Waals surface area (Å²) in [6.45, 7) is 3.20. The van der Waals surface area contributed by atoms with Crippen molar-refractivity contribution in [3.8, 4) is 11.5 Å². The molecule has 4 nitrogen and oxygen atoms in total. The second kappa shape index (κ2) is 6.34. The first-order chi connectivity index (χ1) is 10.8. The van der Waals surface area contributed by atoms with Gasteiger partial charge in [0.05, 0.1) is 5.52 Å². The van der Waals surface area contributed by atoms with Crippen LogP contribution in [-0.2, 0) is 0 Å². The van der Waals surface area contributed by atoms with E-state index in [1.165, 1.54) is 0 Å². The molecule has 0 aliphatic carbocycles. The highest BCUT2D eigenvalue weighted by Gasteiger charge is 2.12. The van der Waals surface area contributed by atoms with Crippen molar-refractivity contribution in [1.29, 1.82) is 0 Å². The van der Waals surface area contributed by atoms with Gasteiger partial charge in [-0.1, -0.05) is 18.2 Å². The monoisotopic (exact) mass is 328 g/mol. The van der Waals surface area contributed by atoms with Crippen molar-refractivity contribution in [2.24, 2.45) is 0 Å². The molecule has 0 amide bonds. The van der Waals surface area contributed by atoms with Gasteiger partial charge in [-0.2, -0.15) is 0 Å². The molecule has 1 aliphatic rings.